The van der Waals surface area contributed by atoms with Crippen LogP contribution in [0.4, 0.5) is 5.69 Å². The summed E-state index contributed by atoms with van der Waals surface area (Å²) >= 11 is 0. The number of amides is 1. The van der Waals surface area contributed by atoms with Crippen LogP contribution in [0.2, 0.25) is 0 Å². The number of ketones is 2. The number of carbonyl (C=O) groups excluding carboxylic acids is 4. The molecule has 28 heavy (non-hydrogen) atoms. The molecule has 0 saturated heterocycles. The van der Waals surface area contributed by atoms with Crippen LogP contribution < -0.4 is 10.1 Å². The Labute approximate surface area is 161 Å². The second kappa shape index (κ2) is 8.04. The van der Waals surface area contributed by atoms with Crippen LogP contribution in [-0.4, -0.2) is 36.7 Å². The van der Waals surface area contributed by atoms with Crippen LogP contribution in [0, 0.1) is 0 Å². The van der Waals surface area contributed by atoms with E-state index in [0.717, 1.165) is 5.56 Å². The van der Waals surface area contributed by atoms with Crippen LogP contribution in [0.3, 0.4) is 0 Å². The molecule has 1 amide bonds. The summed E-state index contributed by atoms with van der Waals surface area (Å²) in [6, 6.07) is 11.3. The van der Waals surface area contributed by atoms with E-state index in [0.29, 0.717) is 22.6 Å². The van der Waals surface area contributed by atoms with Crippen molar-refractivity contribution in [2.45, 2.75) is 19.8 Å². The maximum atomic E-state index is 12.3. The van der Waals surface area contributed by atoms with Gasteiger partial charge < -0.3 is 14.8 Å². The highest BCUT2D eigenvalue weighted by Crippen LogP contribution is 2.32. The zero-order valence-electron chi connectivity index (χ0n) is 15.5. The lowest BCUT2D eigenvalue weighted by molar-refractivity contribution is -0.144. The Kier molecular flexibility index (Phi) is 5.54. The molecule has 2 aromatic carbocycles. The van der Waals surface area contributed by atoms with Gasteiger partial charge >= 0.3 is 5.97 Å². The SMILES string of the molecule is CC(=O)c1cccc(OCC(=O)OCC(=O)c2ccc3c(c2)[C@@H](C)C(=O)N3)c1. The number of benzene rings is 2. The topological polar surface area (TPSA) is 98.8 Å². The fourth-order valence-electron chi connectivity index (χ4n) is 2.81. The molecule has 0 spiro atoms. The highest BCUT2D eigenvalue weighted by Gasteiger charge is 2.27. The number of hydrogen-bond acceptors (Lipinski definition) is 6. The van der Waals surface area contributed by atoms with Gasteiger partial charge in [0, 0.05) is 16.8 Å². The molecule has 144 valence electrons. The molecule has 0 fully saturated rings. The number of nitrogens with one attached hydrogen (secondary N) is 1. The Bertz CT molecular complexity index is 965. The van der Waals surface area contributed by atoms with E-state index >= 15 is 0 Å². The molecular weight excluding hydrogens is 362 g/mol. The maximum Gasteiger partial charge on any atom is 0.344 e. The number of anilines is 1. The molecule has 1 N–H and O–H groups in total. The van der Waals surface area contributed by atoms with Crippen LogP contribution in [0.5, 0.6) is 5.75 Å². The summed E-state index contributed by atoms with van der Waals surface area (Å²) < 4.78 is 10.3. The summed E-state index contributed by atoms with van der Waals surface area (Å²) in [5.41, 5.74) is 2.27. The van der Waals surface area contributed by atoms with Crippen molar-refractivity contribution >= 4 is 29.1 Å². The van der Waals surface area contributed by atoms with Crippen LogP contribution in [-0.2, 0) is 14.3 Å². The van der Waals surface area contributed by atoms with Crippen molar-refractivity contribution in [3.05, 3.63) is 59.2 Å². The second-order valence-corrected chi connectivity index (χ2v) is 6.47. The van der Waals surface area contributed by atoms with Crippen molar-refractivity contribution in [1.29, 1.82) is 0 Å². The number of Topliss-reactive ketones (excluding diaryl/α,β-unsaturated/α-hetero) is 2. The molecule has 7 nitrogen and oxygen atoms in total. The number of ether oxygens (including phenoxy) is 2. The van der Waals surface area contributed by atoms with Gasteiger partial charge in [-0.1, -0.05) is 12.1 Å². The van der Waals surface area contributed by atoms with Gasteiger partial charge in [0.05, 0.1) is 5.92 Å². The fourth-order valence-corrected chi connectivity index (χ4v) is 2.81. The van der Waals surface area contributed by atoms with Gasteiger partial charge in [0.25, 0.3) is 0 Å². The molecule has 0 aromatic heterocycles. The van der Waals surface area contributed by atoms with Crippen molar-refractivity contribution in [3.63, 3.8) is 0 Å². The van der Waals surface area contributed by atoms with Gasteiger partial charge in [-0.25, -0.2) is 4.79 Å². The standard InChI is InChI=1S/C21H19NO6/c1-12-17-9-15(6-7-18(17)22-21(12)26)19(24)10-28-20(25)11-27-16-5-3-4-14(8-16)13(2)23/h3-9,12H,10-11H2,1-2H3,(H,22,26)/t12-/m1/s1. The lowest BCUT2D eigenvalue weighted by Crippen LogP contribution is -2.19. The molecule has 2 aromatic rings. The molecule has 0 saturated carbocycles. The third-order valence-corrected chi connectivity index (χ3v) is 4.45. The van der Waals surface area contributed by atoms with Crippen LogP contribution >= 0.6 is 0 Å². The van der Waals surface area contributed by atoms with Gasteiger partial charge in [-0.05, 0) is 49.7 Å². The Morgan fingerprint density at radius 3 is 2.57 bits per heavy atom. The van der Waals surface area contributed by atoms with Crippen molar-refractivity contribution < 1.29 is 28.7 Å². The number of rotatable bonds is 7. The van der Waals surface area contributed by atoms with Gasteiger partial charge in [-0.3, -0.25) is 14.4 Å². The summed E-state index contributed by atoms with van der Waals surface area (Å²) in [5, 5.41) is 2.73. The van der Waals surface area contributed by atoms with E-state index in [-0.39, 0.29) is 30.0 Å². The average Bonchev–Trinajstić information content (AvgIpc) is 2.98. The van der Waals surface area contributed by atoms with Gasteiger partial charge in [0.15, 0.2) is 24.8 Å². The molecule has 1 aliphatic rings. The first-order valence-corrected chi connectivity index (χ1v) is 8.72. The third-order valence-electron chi connectivity index (χ3n) is 4.45. The summed E-state index contributed by atoms with van der Waals surface area (Å²) in [6.07, 6.45) is 0. The maximum absolute atomic E-state index is 12.3. The fraction of sp³-hybridized carbons (Fsp3) is 0.238. The van der Waals surface area contributed by atoms with Gasteiger partial charge in [-0.15, -0.1) is 0 Å². The van der Waals surface area contributed by atoms with Gasteiger partial charge in [0.1, 0.15) is 5.75 Å². The summed E-state index contributed by atoms with van der Waals surface area (Å²) in [7, 11) is 0. The van der Waals surface area contributed by atoms with E-state index in [1.807, 2.05) is 0 Å². The normalized spacial score (nSPS) is 14.8. The zero-order chi connectivity index (χ0) is 20.3. The minimum Gasteiger partial charge on any atom is -0.482 e. The number of esters is 1. The van der Waals surface area contributed by atoms with Crippen molar-refractivity contribution in [2.24, 2.45) is 0 Å². The lowest BCUT2D eigenvalue weighted by Gasteiger charge is -2.08. The summed E-state index contributed by atoms with van der Waals surface area (Å²) in [4.78, 5) is 47.1. The first kappa shape index (κ1) is 19.3. The first-order valence-electron chi connectivity index (χ1n) is 8.72. The summed E-state index contributed by atoms with van der Waals surface area (Å²) in [6.45, 7) is 2.39. The van der Waals surface area contributed by atoms with E-state index in [9.17, 15) is 19.2 Å². The molecule has 7 heteroatoms. The number of fused-ring (bicyclic) bond motifs is 1. The van der Waals surface area contributed by atoms with E-state index in [1.165, 1.54) is 13.0 Å². The summed E-state index contributed by atoms with van der Waals surface area (Å²) in [5.74, 6) is -1.27. The van der Waals surface area contributed by atoms with E-state index < -0.39 is 12.6 Å². The molecule has 0 radical (unpaired) electrons. The minimum absolute atomic E-state index is 0.112. The Hall–Kier alpha value is -3.48. The Morgan fingerprint density at radius 2 is 1.82 bits per heavy atom. The number of carbonyl (C=O) groups is 4. The van der Waals surface area contributed by atoms with Crippen molar-refractivity contribution in [1.82, 2.24) is 0 Å². The molecule has 1 atom stereocenters. The number of hydrogen-bond donors (Lipinski definition) is 1. The predicted octanol–water partition coefficient (Wildman–Crippen LogP) is 2.75. The quantitative estimate of drug-likeness (QED) is 0.585. The second-order valence-electron chi connectivity index (χ2n) is 6.47. The highest BCUT2D eigenvalue weighted by molar-refractivity contribution is 6.05. The van der Waals surface area contributed by atoms with Gasteiger partial charge in [0.2, 0.25) is 5.91 Å². The largest absolute Gasteiger partial charge is 0.482 e. The lowest BCUT2D eigenvalue weighted by atomic mass is 9.99. The molecule has 0 bridgehead atoms. The van der Waals surface area contributed by atoms with Crippen LogP contribution in [0.25, 0.3) is 0 Å². The first-order chi connectivity index (χ1) is 13.3. The molecule has 0 aliphatic carbocycles. The zero-order valence-corrected chi connectivity index (χ0v) is 15.5. The minimum atomic E-state index is -0.701. The van der Waals surface area contributed by atoms with Gasteiger partial charge in [-0.2, -0.15) is 0 Å². The molecule has 1 aliphatic heterocycles. The average molecular weight is 381 g/mol. The Balaban J connectivity index is 1.52. The van der Waals surface area contributed by atoms with E-state index in [4.69, 9.17) is 9.47 Å². The molecule has 0 unspecified atom stereocenters. The van der Waals surface area contributed by atoms with Crippen molar-refractivity contribution in [3.8, 4) is 5.75 Å². The monoisotopic (exact) mass is 381 g/mol. The third kappa shape index (κ3) is 4.25. The predicted molar refractivity (Wildman–Crippen MR) is 101 cm³/mol. The van der Waals surface area contributed by atoms with Crippen molar-refractivity contribution in [2.75, 3.05) is 18.5 Å². The van der Waals surface area contributed by atoms with E-state index in [1.54, 1.807) is 43.3 Å². The highest BCUT2D eigenvalue weighted by atomic mass is 16.6. The smallest absolute Gasteiger partial charge is 0.344 e. The van der Waals surface area contributed by atoms with E-state index in [2.05, 4.69) is 5.32 Å². The molecule has 1 heterocycles. The molecule has 3 rings (SSSR count). The molecular formula is C21H19NO6. The van der Waals surface area contributed by atoms with Crippen LogP contribution in [0.1, 0.15) is 46.0 Å². The van der Waals surface area contributed by atoms with Crippen LogP contribution in [0.15, 0.2) is 42.5 Å². The Morgan fingerprint density at radius 1 is 1.04 bits per heavy atom.